The topological polar surface area (TPSA) is 117 Å². The molecule has 0 fully saturated rings. The zero-order chi connectivity index (χ0) is 28.2. The highest BCUT2D eigenvalue weighted by atomic mass is 16.5. The fraction of sp³-hybridized carbons (Fsp3) is 0.133. The van der Waals surface area contributed by atoms with Crippen LogP contribution < -0.4 is 19.5 Å². The number of anilines is 1. The van der Waals surface area contributed by atoms with Gasteiger partial charge in [0.25, 0.3) is 5.91 Å². The second-order valence-electron chi connectivity index (χ2n) is 8.16. The van der Waals surface area contributed by atoms with Crippen LogP contribution in [-0.4, -0.2) is 37.0 Å². The Morgan fingerprint density at radius 3 is 1.72 bits per heavy atom. The normalized spacial score (nSPS) is 10.1. The van der Waals surface area contributed by atoms with Crippen LogP contribution in [0.3, 0.4) is 0 Å². The first kappa shape index (κ1) is 28.4. The molecule has 0 aliphatic rings. The van der Waals surface area contributed by atoms with Crippen molar-refractivity contribution in [2.24, 2.45) is 0 Å². The van der Waals surface area contributed by atoms with E-state index in [1.165, 1.54) is 36.4 Å². The molecule has 0 atom stereocenters. The van der Waals surface area contributed by atoms with Gasteiger partial charge in [0.15, 0.2) is 0 Å². The third-order valence-corrected chi connectivity index (χ3v) is 5.07. The number of carbonyl (C=O) groups excluding carboxylic acids is 4. The molecule has 1 amide bonds. The van der Waals surface area contributed by atoms with Crippen LogP contribution in [0.5, 0.6) is 17.2 Å². The zero-order valence-electron chi connectivity index (χ0n) is 21.3. The van der Waals surface area contributed by atoms with E-state index in [2.05, 4.69) is 18.5 Å². The van der Waals surface area contributed by atoms with E-state index in [-0.39, 0.29) is 24.0 Å². The van der Waals surface area contributed by atoms with E-state index in [4.69, 9.17) is 18.9 Å². The molecule has 0 heterocycles. The molecule has 0 aromatic heterocycles. The molecule has 0 radical (unpaired) electrons. The molecule has 9 heteroatoms. The van der Waals surface area contributed by atoms with Crippen molar-refractivity contribution < 1.29 is 38.1 Å². The largest absolute Gasteiger partial charge is 0.493 e. The van der Waals surface area contributed by atoms with Crippen molar-refractivity contribution in [3.8, 4) is 17.2 Å². The molecule has 0 aliphatic carbocycles. The third-order valence-electron chi connectivity index (χ3n) is 5.07. The van der Waals surface area contributed by atoms with E-state index in [9.17, 15) is 19.2 Å². The van der Waals surface area contributed by atoms with Crippen LogP contribution in [0.4, 0.5) is 5.69 Å². The summed E-state index contributed by atoms with van der Waals surface area (Å²) in [6.07, 6.45) is 1.61. The summed E-state index contributed by atoms with van der Waals surface area (Å²) in [4.78, 5) is 47.6. The molecule has 0 bridgehead atoms. The second kappa shape index (κ2) is 13.9. The van der Waals surface area contributed by atoms with Gasteiger partial charge in [0.05, 0.1) is 24.3 Å². The zero-order valence-corrected chi connectivity index (χ0v) is 21.3. The third kappa shape index (κ3) is 9.01. The number of esters is 3. The fourth-order valence-electron chi connectivity index (χ4n) is 3.00. The standard InChI is InChI=1S/C30H27NO8/c1-4-27(32)37-19-5-18-36-24-12-8-22(9-13-24)30(35)39-26-16-14-25(15-17-26)38-29(34)21-6-10-23(11-7-21)31-28(33)20(2)3/h4,6-17H,1-2,5,18-19H2,3H3,(H,31,33). The maximum atomic E-state index is 12.5. The number of benzene rings is 3. The van der Waals surface area contributed by atoms with E-state index in [0.717, 1.165) is 6.08 Å². The second-order valence-corrected chi connectivity index (χ2v) is 8.16. The molecule has 9 nitrogen and oxygen atoms in total. The summed E-state index contributed by atoms with van der Waals surface area (Å²) in [5.41, 5.74) is 1.51. The highest BCUT2D eigenvalue weighted by Crippen LogP contribution is 2.21. The van der Waals surface area contributed by atoms with Crippen molar-refractivity contribution >= 4 is 29.5 Å². The number of ether oxygens (including phenoxy) is 4. The lowest BCUT2D eigenvalue weighted by molar-refractivity contribution is -0.137. The van der Waals surface area contributed by atoms with Crippen LogP contribution in [0, 0.1) is 0 Å². The number of amides is 1. The van der Waals surface area contributed by atoms with E-state index in [1.54, 1.807) is 43.3 Å². The summed E-state index contributed by atoms with van der Waals surface area (Å²) >= 11 is 0. The number of hydrogen-bond acceptors (Lipinski definition) is 8. The molecule has 3 rings (SSSR count). The average molecular weight is 530 g/mol. The van der Waals surface area contributed by atoms with Crippen molar-refractivity contribution in [3.63, 3.8) is 0 Å². The van der Waals surface area contributed by atoms with E-state index in [1.807, 2.05) is 0 Å². The van der Waals surface area contributed by atoms with Gasteiger partial charge in [-0.15, -0.1) is 0 Å². The minimum atomic E-state index is -0.586. The van der Waals surface area contributed by atoms with Gasteiger partial charge in [-0.05, 0) is 79.7 Å². The first-order valence-electron chi connectivity index (χ1n) is 11.9. The molecule has 0 saturated heterocycles. The van der Waals surface area contributed by atoms with Crippen LogP contribution >= 0.6 is 0 Å². The predicted molar refractivity (Wildman–Crippen MR) is 144 cm³/mol. The molecule has 3 aromatic carbocycles. The van der Waals surface area contributed by atoms with Gasteiger partial charge in [-0.3, -0.25) is 4.79 Å². The van der Waals surface area contributed by atoms with Crippen molar-refractivity contribution in [2.75, 3.05) is 18.5 Å². The summed E-state index contributed by atoms with van der Waals surface area (Å²) in [5.74, 6) is -0.859. The van der Waals surface area contributed by atoms with Crippen molar-refractivity contribution in [1.29, 1.82) is 0 Å². The summed E-state index contributed by atoms with van der Waals surface area (Å²) in [7, 11) is 0. The van der Waals surface area contributed by atoms with Crippen molar-refractivity contribution in [3.05, 3.63) is 109 Å². The first-order chi connectivity index (χ1) is 18.7. The average Bonchev–Trinajstić information content (AvgIpc) is 2.94. The molecule has 0 unspecified atom stereocenters. The van der Waals surface area contributed by atoms with Crippen molar-refractivity contribution in [1.82, 2.24) is 0 Å². The number of rotatable bonds is 12. The van der Waals surface area contributed by atoms with Crippen molar-refractivity contribution in [2.45, 2.75) is 13.3 Å². The Balaban J connectivity index is 1.46. The Morgan fingerprint density at radius 2 is 1.23 bits per heavy atom. The highest BCUT2D eigenvalue weighted by molar-refractivity contribution is 6.03. The molecular formula is C30H27NO8. The lowest BCUT2D eigenvalue weighted by Gasteiger charge is -2.09. The number of hydrogen-bond donors (Lipinski definition) is 1. The summed E-state index contributed by atoms with van der Waals surface area (Å²) in [6.45, 7) is 9.05. The van der Waals surface area contributed by atoms with Crippen LogP contribution in [0.15, 0.2) is 97.6 Å². The Kier molecular flexibility index (Phi) is 10.2. The maximum Gasteiger partial charge on any atom is 0.343 e. The van der Waals surface area contributed by atoms with Gasteiger partial charge in [-0.1, -0.05) is 13.2 Å². The molecule has 200 valence electrons. The molecular weight excluding hydrogens is 502 g/mol. The van der Waals surface area contributed by atoms with Gasteiger partial charge >= 0.3 is 17.9 Å². The van der Waals surface area contributed by atoms with Gasteiger partial charge in [0, 0.05) is 23.8 Å². The highest BCUT2D eigenvalue weighted by Gasteiger charge is 2.12. The number of carbonyl (C=O) groups is 4. The summed E-state index contributed by atoms with van der Waals surface area (Å²) in [6, 6.07) is 18.7. The molecule has 0 spiro atoms. The van der Waals surface area contributed by atoms with Gasteiger partial charge in [-0.2, -0.15) is 0 Å². The Hall–Kier alpha value is -5.18. The van der Waals surface area contributed by atoms with Gasteiger partial charge < -0.3 is 24.3 Å². The molecule has 1 N–H and O–H groups in total. The first-order valence-corrected chi connectivity index (χ1v) is 11.9. The lowest BCUT2D eigenvalue weighted by atomic mass is 10.2. The fourth-order valence-corrected chi connectivity index (χ4v) is 3.00. The van der Waals surface area contributed by atoms with Gasteiger partial charge in [-0.25, -0.2) is 14.4 Å². The monoisotopic (exact) mass is 529 g/mol. The van der Waals surface area contributed by atoms with Crippen LogP contribution in [0.25, 0.3) is 0 Å². The summed E-state index contributed by atoms with van der Waals surface area (Å²) in [5, 5.41) is 2.66. The summed E-state index contributed by atoms with van der Waals surface area (Å²) < 4.78 is 21.2. The van der Waals surface area contributed by atoms with Crippen LogP contribution in [0.1, 0.15) is 34.1 Å². The quantitative estimate of drug-likeness (QED) is 0.148. The Bertz CT molecular complexity index is 1340. The number of nitrogens with one attached hydrogen (secondary N) is 1. The minimum absolute atomic E-state index is 0.220. The van der Waals surface area contributed by atoms with Gasteiger partial charge in [0.1, 0.15) is 17.2 Å². The van der Waals surface area contributed by atoms with E-state index < -0.39 is 17.9 Å². The smallest absolute Gasteiger partial charge is 0.343 e. The molecule has 0 saturated carbocycles. The van der Waals surface area contributed by atoms with E-state index in [0.29, 0.717) is 41.2 Å². The molecule has 3 aromatic rings. The van der Waals surface area contributed by atoms with Crippen LogP contribution in [0.2, 0.25) is 0 Å². The Labute approximate surface area is 225 Å². The Morgan fingerprint density at radius 1 is 0.744 bits per heavy atom. The minimum Gasteiger partial charge on any atom is -0.493 e. The van der Waals surface area contributed by atoms with Gasteiger partial charge in [0.2, 0.25) is 0 Å². The maximum absolute atomic E-state index is 12.5. The molecule has 39 heavy (non-hydrogen) atoms. The predicted octanol–water partition coefficient (Wildman–Crippen LogP) is 5.14. The lowest BCUT2D eigenvalue weighted by Crippen LogP contribution is -2.12. The molecule has 0 aliphatic heterocycles. The SMILES string of the molecule is C=CC(=O)OCCCOc1ccc(C(=O)Oc2ccc(OC(=O)c3ccc(NC(=O)C(=C)C)cc3)cc2)cc1. The van der Waals surface area contributed by atoms with Crippen LogP contribution in [-0.2, 0) is 14.3 Å². The van der Waals surface area contributed by atoms with E-state index >= 15 is 0 Å².